The van der Waals surface area contributed by atoms with Crippen LogP contribution in [0.5, 0.6) is 0 Å². The third-order valence-corrected chi connectivity index (χ3v) is 6.64. The maximum Gasteiger partial charge on any atom is 0.228 e. The molecule has 0 saturated carbocycles. The van der Waals surface area contributed by atoms with Gasteiger partial charge in [0.1, 0.15) is 0 Å². The van der Waals surface area contributed by atoms with Gasteiger partial charge in [-0.3, -0.25) is 9.59 Å². The smallest absolute Gasteiger partial charge is 0.228 e. The van der Waals surface area contributed by atoms with Gasteiger partial charge in [0.05, 0.1) is 29.6 Å². The first-order valence-electron chi connectivity index (χ1n) is 9.69. The standard InChI is InChI=1S/C22H28N2O5S/c1-16(2)30(27,28)20-10-6-18(7-11-20)15-22(26)24-19-8-4-17(5-9-19)14-21(25)23-12-13-29-3/h4-11,16H,12-15H2,1-3H3,(H,23,25)(H,24,26). The topological polar surface area (TPSA) is 102 Å². The summed E-state index contributed by atoms with van der Waals surface area (Å²) in [6, 6.07) is 13.4. The van der Waals surface area contributed by atoms with Gasteiger partial charge in [-0.25, -0.2) is 8.42 Å². The Labute approximate surface area is 177 Å². The number of sulfone groups is 1. The number of methoxy groups -OCH3 is 1. The average molecular weight is 433 g/mol. The van der Waals surface area contributed by atoms with Crippen LogP contribution in [0, 0.1) is 0 Å². The predicted molar refractivity (Wildman–Crippen MR) is 116 cm³/mol. The summed E-state index contributed by atoms with van der Waals surface area (Å²) in [6.07, 6.45) is 0.384. The minimum atomic E-state index is -3.33. The van der Waals surface area contributed by atoms with Crippen molar-refractivity contribution in [2.24, 2.45) is 0 Å². The number of hydrogen-bond donors (Lipinski definition) is 2. The Morgan fingerprint density at radius 1 is 0.900 bits per heavy atom. The fraction of sp³-hybridized carbons (Fsp3) is 0.364. The van der Waals surface area contributed by atoms with E-state index in [-0.39, 0.29) is 29.6 Å². The van der Waals surface area contributed by atoms with Gasteiger partial charge in [0.15, 0.2) is 9.84 Å². The van der Waals surface area contributed by atoms with Crippen LogP contribution in [-0.4, -0.2) is 45.7 Å². The zero-order valence-electron chi connectivity index (χ0n) is 17.5. The normalized spacial score (nSPS) is 11.3. The van der Waals surface area contributed by atoms with Gasteiger partial charge in [-0.1, -0.05) is 24.3 Å². The second kappa shape index (κ2) is 10.9. The summed E-state index contributed by atoms with van der Waals surface area (Å²) in [4.78, 5) is 24.3. The summed E-state index contributed by atoms with van der Waals surface area (Å²) in [7, 11) is -1.75. The molecule has 2 aromatic rings. The van der Waals surface area contributed by atoms with Crippen LogP contribution in [0.25, 0.3) is 0 Å². The van der Waals surface area contributed by atoms with Gasteiger partial charge in [-0.15, -0.1) is 0 Å². The van der Waals surface area contributed by atoms with E-state index in [4.69, 9.17) is 4.74 Å². The van der Waals surface area contributed by atoms with E-state index >= 15 is 0 Å². The quantitative estimate of drug-likeness (QED) is 0.561. The van der Waals surface area contributed by atoms with Gasteiger partial charge in [0.2, 0.25) is 11.8 Å². The molecule has 2 amide bonds. The maximum atomic E-state index is 12.3. The van der Waals surface area contributed by atoms with Gasteiger partial charge in [-0.05, 0) is 49.2 Å². The number of anilines is 1. The third-order valence-electron chi connectivity index (χ3n) is 4.47. The number of amides is 2. The van der Waals surface area contributed by atoms with Gasteiger partial charge >= 0.3 is 0 Å². The molecule has 2 rings (SSSR count). The van der Waals surface area contributed by atoms with Crippen LogP contribution >= 0.6 is 0 Å². The monoisotopic (exact) mass is 432 g/mol. The van der Waals surface area contributed by atoms with Crippen molar-refractivity contribution < 1.29 is 22.7 Å². The average Bonchev–Trinajstić information content (AvgIpc) is 2.70. The van der Waals surface area contributed by atoms with Gasteiger partial charge in [-0.2, -0.15) is 0 Å². The molecule has 8 heteroatoms. The minimum absolute atomic E-state index is 0.0910. The van der Waals surface area contributed by atoms with Gasteiger partial charge in [0, 0.05) is 19.3 Å². The Hall–Kier alpha value is -2.71. The van der Waals surface area contributed by atoms with Crippen molar-refractivity contribution >= 4 is 27.3 Å². The highest BCUT2D eigenvalue weighted by atomic mass is 32.2. The summed E-state index contributed by atoms with van der Waals surface area (Å²) in [5, 5.41) is 5.06. The Morgan fingerprint density at radius 2 is 1.43 bits per heavy atom. The largest absolute Gasteiger partial charge is 0.383 e. The van der Waals surface area contributed by atoms with E-state index in [1.54, 1.807) is 57.4 Å². The molecule has 0 aliphatic heterocycles. The summed E-state index contributed by atoms with van der Waals surface area (Å²) < 4.78 is 29.2. The van der Waals surface area contributed by atoms with E-state index in [0.29, 0.717) is 18.8 Å². The lowest BCUT2D eigenvalue weighted by Crippen LogP contribution is -2.28. The predicted octanol–water partition coefficient (Wildman–Crippen LogP) is 2.35. The fourth-order valence-corrected chi connectivity index (χ4v) is 3.77. The zero-order valence-corrected chi connectivity index (χ0v) is 18.3. The summed E-state index contributed by atoms with van der Waals surface area (Å²) in [5.74, 6) is -0.300. The molecule has 0 aromatic heterocycles. The number of nitrogens with one attached hydrogen (secondary N) is 2. The van der Waals surface area contributed by atoms with Crippen LogP contribution in [-0.2, 0) is 37.0 Å². The van der Waals surface area contributed by atoms with Gasteiger partial charge in [0.25, 0.3) is 0 Å². The molecule has 0 fully saturated rings. The Bertz CT molecular complexity index is 952. The number of carbonyl (C=O) groups excluding carboxylic acids is 2. The van der Waals surface area contributed by atoms with Crippen LogP contribution in [0.15, 0.2) is 53.4 Å². The lowest BCUT2D eigenvalue weighted by Gasteiger charge is -2.09. The first kappa shape index (κ1) is 23.6. The minimum Gasteiger partial charge on any atom is -0.383 e. The van der Waals surface area contributed by atoms with Crippen LogP contribution < -0.4 is 10.6 Å². The third kappa shape index (κ3) is 6.96. The van der Waals surface area contributed by atoms with E-state index < -0.39 is 15.1 Å². The number of rotatable bonds is 10. The van der Waals surface area contributed by atoms with E-state index in [1.165, 1.54) is 12.1 Å². The molecule has 0 bridgehead atoms. The van der Waals surface area contributed by atoms with Crippen LogP contribution in [0.2, 0.25) is 0 Å². The summed E-state index contributed by atoms with van der Waals surface area (Å²) in [5.41, 5.74) is 2.19. The number of carbonyl (C=O) groups is 2. The number of benzene rings is 2. The lowest BCUT2D eigenvalue weighted by atomic mass is 10.1. The zero-order chi connectivity index (χ0) is 22.1. The molecule has 0 radical (unpaired) electrons. The molecule has 0 atom stereocenters. The highest BCUT2D eigenvalue weighted by molar-refractivity contribution is 7.92. The molecule has 0 saturated heterocycles. The van der Waals surface area contributed by atoms with E-state index in [9.17, 15) is 18.0 Å². The number of hydrogen-bond acceptors (Lipinski definition) is 5. The van der Waals surface area contributed by atoms with Crippen LogP contribution in [0.1, 0.15) is 25.0 Å². The molecular weight excluding hydrogens is 404 g/mol. The molecule has 2 aromatic carbocycles. The SMILES string of the molecule is COCCNC(=O)Cc1ccc(NC(=O)Cc2ccc(S(=O)(=O)C(C)C)cc2)cc1. The van der Waals surface area contributed by atoms with E-state index in [0.717, 1.165) is 11.1 Å². The molecule has 7 nitrogen and oxygen atoms in total. The van der Waals surface area contributed by atoms with Crippen molar-refractivity contribution in [2.45, 2.75) is 36.8 Å². The molecule has 0 aliphatic rings. The van der Waals surface area contributed by atoms with E-state index in [2.05, 4.69) is 10.6 Å². The van der Waals surface area contributed by atoms with Crippen molar-refractivity contribution in [3.63, 3.8) is 0 Å². The summed E-state index contributed by atoms with van der Waals surface area (Å²) in [6.45, 7) is 4.20. The maximum absolute atomic E-state index is 12.3. The first-order valence-corrected chi connectivity index (χ1v) is 11.2. The molecule has 162 valence electrons. The molecule has 0 unspecified atom stereocenters. The molecule has 0 spiro atoms. The second-order valence-corrected chi connectivity index (χ2v) is 9.68. The molecule has 30 heavy (non-hydrogen) atoms. The van der Waals surface area contributed by atoms with Gasteiger partial charge < -0.3 is 15.4 Å². The highest BCUT2D eigenvalue weighted by Crippen LogP contribution is 2.17. The van der Waals surface area contributed by atoms with Crippen molar-refractivity contribution in [3.8, 4) is 0 Å². The summed E-state index contributed by atoms with van der Waals surface area (Å²) >= 11 is 0. The van der Waals surface area contributed by atoms with Crippen molar-refractivity contribution in [3.05, 3.63) is 59.7 Å². The second-order valence-electron chi connectivity index (χ2n) is 7.18. The van der Waals surface area contributed by atoms with Crippen molar-refractivity contribution in [2.75, 3.05) is 25.6 Å². The van der Waals surface area contributed by atoms with Crippen LogP contribution in [0.4, 0.5) is 5.69 Å². The van der Waals surface area contributed by atoms with Crippen LogP contribution in [0.3, 0.4) is 0 Å². The highest BCUT2D eigenvalue weighted by Gasteiger charge is 2.18. The fourth-order valence-electron chi connectivity index (χ4n) is 2.71. The number of ether oxygens (including phenoxy) is 1. The Morgan fingerprint density at radius 3 is 1.97 bits per heavy atom. The first-order chi connectivity index (χ1) is 14.2. The Balaban J connectivity index is 1.88. The van der Waals surface area contributed by atoms with Crippen molar-refractivity contribution in [1.82, 2.24) is 5.32 Å². The Kier molecular flexibility index (Phi) is 8.56. The molecular formula is C22H28N2O5S. The van der Waals surface area contributed by atoms with E-state index in [1.807, 2.05) is 0 Å². The molecule has 0 aliphatic carbocycles. The lowest BCUT2D eigenvalue weighted by molar-refractivity contribution is -0.120. The molecule has 0 heterocycles. The molecule has 2 N–H and O–H groups in total. The van der Waals surface area contributed by atoms with Crippen molar-refractivity contribution in [1.29, 1.82) is 0 Å².